The number of rotatable bonds is 4. The topological polar surface area (TPSA) is 40.5 Å². The average Bonchev–Trinajstić information content (AvgIpc) is 2.31. The van der Waals surface area contributed by atoms with Crippen molar-refractivity contribution in [2.24, 2.45) is 0 Å². The van der Waals surface area contributed by atoms with Crippen molar-refractivity contribution >= 4 is 5.91 Å². The number of carbonyl (C=O) groups excluding carboxylic acids is 1. The van der Waals surface area contributed by atoms with Gasteiger partial charge in [-0.3, -0.25) is 4.79 Å². The lowest BCUT2D eigenvalue weighted by Crippen LogP contribution is -2.41. The maximum absolute atomic E-state index is 13.8. The number of phenolic OH excluding ortho intramolecular Hbond substituents is 1. The molecule has 0 saturated carbocycles. The summed E-state index contributed by atoms with van der Waals surface area (Å²) < 4.78 is 27.7. The number of nitrogens with zero attached hydrogens (tertiary/aromatic N) is 1. The molecule has 5 heteroatoms. The van der Waals surface area contributed by atoms with Gasteiger partial charge in [0.2, 0.25) is 0 Å². The lowest BCUT2D eigenvalue weighted by molar-refractivity contribution is -0.158. The first kappa shape index (κ1) is 13.4. The van der Waals surface area contributed by atoms with Gasteiger partial charge in [0.05, 0.1) is 0 Å². The Kier molecular flexibility index (Phi) is 4.04. The zero-order valence-corrected chi connectivity index (χ0v) is 9.78. The van der Waals surface area contributed by atoms with Crippen molar-refractivity contribution in [3.8, 4) is 5.75 Å². The molecule has 0 fully saturated rings. The van der Waals surface area contributed by atoms with Crippen molar-refractivity contribution in [3.05, 3.63) is 29.8 Å². The lowest BCUT2D eigenvalue weighted by atomic mass is 10.1. The second kappa shape index (κ2) is 5.12. The summed E-state index contributed by atoms with van der Waals surface area (Å²) >= 11 is 0. The molecule has 0 spiro atoms. The van der Waals surface area contributed by atoms with Gasteiger partial charge >= 0.3 is 5.92 Å². The Labute approximate surface area is 98.7 Å². The Morgan fingerprint density at radius 1 is 1.24 bits per heavy atom. The Morgan fingerprint density at radius 2 is 1.71 bits per heavy atom. The third-order valence-electron chi connectivity index (χ3n) is 2.55. The molecule has 1 aromatic carbocycles. The van der Waals surface area contributed by atoms with Gasteiger partial charge in [0.25, 0.3) is 5.91 Å². The van der Waals surface area contributed by atoms with Crippen LogP contribution in [0.1, 0.15) is 19.4 Å². The number of halogens is 2. The van der Waals surface area contributed by atoms with Crippen LogP contribution in [0.3, 0.4) is 0 Å². The molecular weight excluding hydrogens is 228 g/mol. The first-order chi connectivity index (χ1) is 7.93. The molecule has 17 heavy (non-hydrogen) atoms. The molecule has 1 aromatic rings. The van der Waals surface area contributed by atoms with E-state index in [1.807, 2.05) is 0 Å². The highest BCUT2D eigenvalue weighted by Gasteiger charge is 2.43. The molecule has 1 N–H and O–H groups in total. The summed E-state index contributed by atoms with van der Waals surface area (Å²) in [5.74, 6) is -4.88. The molecule has 1 rings (SSSR count). The van der Waals surface area contributed by atoms with E-state index < -0.39 is 17.4 Å². The molecule has 3 nitrogen and oxygen atoms in total. The van der Waals surface area contributed by atoms with Crippen LogP contribution in [0.4, 0.5) is 8.78 Å². The lowest BCUT2D eigenvalue weighted by Gasteiger charge is -2.24. The number of likely N-dealkylation sites (N-methyl/N-ethyl adjacent to an activating group) is 1. The fourth-order valence-electron chi connectivity index (χ4n) is 1.50. The smallest absolute Gasteiger partial charge is 0.349 e. The molecule has 0 bridgehead atoms. The summed E-state index contributed by atoms with van der Waals surface area (Å²) in [7, 11) is 0. The average molecular weight is 243 g/mol. The first-order valence-electron chi connectivity index (χ1n) is 5.40. The van der Waals surface area contributed by atoms with E-state index in [2.05, 4.69) is 0 Å². The normalized spacial score (nSPS) is 11.3. The second-order valence-electron chi connectivity index (χ2n) is 3.60. The standard InChI is InChI=1S/C12H15F2NO2/c1-3-15(4-2)11(17)12(13,14)9-5-7-10(16)8-6-9/h5-8,16H,3-4H2,1-2H3. The number of aromatic hydroxyl groups is 1. The maximum Gasteiger partial charge on any atom is 0.349 e. The zero-order valence-electron chi connectivity index (χ0n) is 9.78. The van der Waals surface area contributed by atoms with Gasteiger partial charge in [-0.25, -0.2) is 0 Å². The second-order valence-corrected chi connectivity index (χ2v) is 3.60. The maximum atomic E-state index is 13.8. The number of phenols is 1. The van der Waals surface area contributed by atoms with Crippen LogP contribution in [-0.4, -0.2) is 29.0 Å². The van der Waals surface area contributed by atoms with E-state index >= 15 is 0 Å². The highest BCUT2D eigenvalue weighted by molar-refractivity contribution is 5.84. The highest BCUT2D eigenvalue weighted by Crippen LogP contribution is 2.31. The van der Waals surface area contributed by atoms with Crippen molar-refractivity contribution < 1.29 is 18.7 Å². The van der Waals surface area contributed by atoms with Crippen molar-refractivity contribution in [1.82, 2.24) is 4.90 Å². The van der Waals surface area contributed by atoms with Crippen LogP contribution in [0.5, 0.6) is 5.75 Å². The Morgan fingerprint density at radius 3 is 2.12 bits per heavy atom. The molecule has 0 aliphatic carbocycles. The molecule has 0 unspecified atom stereocenters. The van der Waals surface area contributed by atoms with E-state index in [0.29, 0.717) is 0 Å². The monoisotopic (exact) mass is 243 g/mol. The molecule has 0 aromatic heterocycles. The fourth-order valence-corrected chi connectivity index (χ4v) is 1.50. The van der Waals surface area contributed by atoms with Crippen molar-refractivity contribution in [1.29, 1.82) is 0 Å². The Balaban J connectivity index is 3.01. The highest BCUT2D eigenvalue weighted by atomic mass is 19.3. The van der Waals surface area contributed by atoms with Crippen molar-refractivity contribution in [2.45, 2.75) is 19.8 Å². The zero-order chi connectivity index (χ0) is 13.1. The number of alkyl halides is 2. The number of benzene rings is 1. The minimum atomic E-state index is -3.56. The van der Waals surface area contributed by atoms with E-state index in [0.717, 1.165) is 29.2 Å². The molecule has 0 saturated heterocycles. The van der Waals surface area contributed by atoms with Crippen LogP contribution < -0.4 is 0 Å². The minimum Gasteiger partial charge on any atom is -0.508 e. The molecule has 0 radical (unpaired) electrons. The molecule has 0 atom stereocenters. The van der Waals surface area contributed by atoms with E-state index in [-0.39, 0.29) is 18.8 Å². The quantitative estimate of drug-likeness (QED) is 0.881. The first-order valence-corrected chi connectivity index (χ1v) is 5.40. The van der Waals surface area contributed by atoms with Crippen LogP contribution in [0.2, 0.25) is 0 Å². The summed E-state index contributed by atoms with van der Waals surface area (Å²) in [6.07, 6.45) is 0. The summed E-state index contributed by atoms with van der Waals surface area (Å²) in [5.41, 5.74) is -0.410. The van der Waals surface area contributed by atoms with Crippen molar-refractivity contribution in [2.75, 3.05) is 13.1 Å². The van der Waals surface area contributed by atoms with Gasteiger partial charge in [0.15, 0.2) is 0 Å². The van der Waals surface area contributed by atoms with Gasteiger partial charge in [-0.15, -0.1) is 0 Å². The number of carbonyl (C=O) groups is 1. The van der Waals surface area contributed by atoms with Gasteiger partial charge < -0.3 is 10.0 Å². The largest absolute Gasteiger partial charge is 0.508 e. The van der Waals surface area contributed by atoms with E-state index in [9.17, 15) is 13.6 Å². The molecule has 0 aliphatic rings. The van der Waals surface area contributed by atoms with Crippen LogP contribution in [0.25, 0.3) is 0 Å². The number of hydrogen-bond acceptors (Lipinski definition) is 2. The van der Waals surface area contributed by atoms with Gasteiger partial charge in [-0.2, -0.15) is 8.78 Å². The SMILES string of the molecule is CCN(CC)C(=O)C(F)(F)c1ccc(O)cc1. The summed E-state index contributed by atoms with van der Waals surface area (Å²) in [6, 6.07) is 4.38. The summed E-state index contributed by atoms with van der Waals surface area (Å²) in [6.45, 7) is 3.77. The van der Waals surface area contributed by atoms with E-state index in [1.54, 1.807) is 13.8 Å². The van der Waals surface area contributed by atoms with E-state index in [4.69, 9.17) is 5.11 Å². The van der Waals surface area contributed by atoms with Crippen molar-refractivity contribution in [3.63, 3.8) is 0 Å². The summed E-state index contributed by atoms with van der Waals surface area (Å²) in [4.78, 5) is 12.7. The predicted molar refractivity (Wildman–Crippen MR) is 59.9 cm³/mol. The Hall–Kier alpha value is -1.65. The fraction of sp³-hybridized carbons (Fsp3) is 0.417. The van der Waals surface area contributed by atoms with Gasteiger partial charge in [0.1, 0.15) is 5.75 Å². The van der Waals surface area contributed by atoms with Gasteiger partial charge in [0, 0.05) is 18.7 Å². The molecule has 0 heterocycles. The molecule has 94 valence electrons. The van der Waals surface area contributed by atoms with Gasteiger partial charge in [-0.1, -0.05) is 0 Å². The summed E-state index contributed by atoms with van der Waals surface area (Å²) in [5, 5.41) is 9.02. The molecule has 1 amide bonds. The van der Waals surface area contributed by atoms with Gasteiger partial charge in [-0.05, 0) is 38.1 Å². The third kappa shape index (κ3) is 2.72. The Bertz CT molecular complexity index is 386. The van der Waals surface area contributed by atoms with Crippen LogP contribution in [0, 0.1) is 0 Å². The molecule has 0 aliphatic heterocycles. The minimum absolute atomic E-state index is 0.111. The van der Waals surface area contributed by atoms with Crippen LogP contribution >= 0.6 is 0 Å². The number of amides is 1. The van der Waals surface area contributed by atoms with E-state index in [1.165, 1.54) is 0 Å². The predicted octanol–water partition coefficient (Wildman–Crippen LogP) is 2.35. The molecular formula is C12H15F2NO2. The number of hydrogen-bond donors (Lipinski definition) is 1. The third-order valence-corrected chi connectivity index (χ3v) is 2.55. The van der Waals surface area contributed by atoms with Crippen LogP contribution in [0.15, 0.2) is 24.3 Å². The van der Waals surface area contributed by atoms with Crippen LogP contribution in [-0.2, 0) is 10.7 Å².